The zero-order valence-electron chi connectivity index (χ0n) is 11.4. The lowest BCUT2D eigenvalue weighted by molar-refractivity contribution is -0.123. The van der Waals surface area contributed by atoms with Gasteiger partial charge in [0.05, 0.1) is 11.0 Å². The van der Waals surface area contributed by atoms with Crippen LogP contribution in [0.4, 0.5) is 0 Å². The van der Waals surface area contributed by atoms with Crippen LogP contribution in [0.25, 0.3) is 0 Å². The zero-order chi connectivity index (χ0) is 13.5. The van der Waals surface area contributed by atoms with Crippen molar-refractivity contribution in [3.05, 3.63) is 16.1 Å². The number of nitrogens with zero attached hydrogens (tertiary/aromatic N) is 1. The predicted octanol–water partition coefficient (Wildman–Crippen LogP) is 1.87. The number of nitrogens with one attached hydrogen (secondary N) is 1. The van der Waals surface area contributed by atoms with Crippen LogP contribution >= 0.6 is 11.3 Å². The van der Waals surface area contributed by atoms with E-state index < -0.39 is 6.04 Å². The van der Waals surface area contributed by atoms with Gasteiger partial charge >= 0.3 is 0 Å². The Kier molecular flexibility index (Phi) is 6.29. The summed E-state index contributed by atoms with van der Waals surface area (Å²) in [4.78, 5) is 16.1. The van der Waals surface area contributed by atoms with Crippen LogP contribution in [0.3, 0.4) is 0 Å². The van der Waals surface area contributed by atoms with Crippen molar-refractivity contribution in [1.82, 2.24) is 10.3 Å². The minimum atomic E-state index is -0.392. The third-order valence-electron chi connectivity index (χ3n) is 3.09. The molecule has 4 nitrogen and oxygen atoms in total. The zero-order valence-corrected chi connectivity index (χ0v) is 12.2. The van der Waals surface area contributed by atoms with E-state index in [1.54, 1.807) is 11.3 Å². The quantitative estimate of drug-likeness (QED) is 0.743. The standard InChI is InChI=1S/C13H23N3OS/c1-4-9(2)12(14)13(17)15-7-5-6-11-16-10(3)8-18-11/h8-9,12H,4-7,14H2,1-3H3,(H,15,17). The molecular formula is C13H23N3OS. The van der Waals surface area contributed by atoms with Crippen LogP contribution in [0.2, 0.25) is 0 Å². The SMILES string of the molecule is CCC(C)C(N)C(=O)NCCCc1nc(C)cs1. The molecule has 1 aromatic heterocycles. The first-order valence-corrected chi connectivity index (χ1v) is 7.36. The monoisotopic (exact) mass is 269 g/mol. The number of nitrogens with two attached hydrogens (primary N) is 1. The van der Waals surface area contributed by atoms with E-state index in [9.17, 15) is 4.79 Å². The number of carbonyl (C=O) groups excluding carboxylic acids is 1. The van der Waals surface area contributed by atoms with Gasteiger partial charge in [-0.2, -0.15) is 0 Å². The highest BCUT2D eigenvalue weighted by molar-refractivity contribution is 7.09. The number of amides is 1. The molecule has 0 aliphatic carbocycles. The lowest BCUT2D eigenvalue weighted by atomic mass is 9.99. The van der Waals surface area contributed by atoms with E-state index in [1.807, 2.05) is 26.2 Å². The van der Waals surface area contributed by atoms with E-state index in [0.29, 0.717) is 6.54 Å². The average Bonchev–Trinajstić information content (AvgIpc) is 2.78. The second kappa shape index (κ2) is 7.48. The fraction of sp³-hybridized carbons (Fsp3) is 0.692. The molecule has 0 bridgehead atoms. The maximum atomic E-state index is 11.7. The van der Waals surface area contributed by atoms with Gasteiger partial charge in [-0.05, 0) is 19.3 Å². The largest absolute Gasteiger partial charge is 0.355 e. The Labute approximate surface area is 113 Å². The van der Waals surface area contributed by atoms with Crippen molar-refractivity contribution in [1.29, 1.82) is 0 Å². The number of thiazole rings is 1. The summed E-state index contributed by atoms with van der Waals surface area (Å²) in [5.74, 6) is 0.186. The van der Waals surface area contributed by atoms with E-state index >= 15 is 0 Å². The molecule has 3 N–H and O–H groups in total. The molecule has 2 atom stereocenters. The highest BCUT2D eigenvalue weighted by atomic mass is 32.1. The lowest BCUT2D eigenvalue weighted by Crippen LogP contribution is -2.44. The molecule has 1 rings (SSSR count). The highest BCUT2D eigenvalue weighted by Crippen LogP contribution is 2.10. The summed E-state index contributed by atoms with van der Waals surface area (Å²) in [6.07, 6.45) is 2.75. The number of aromatic nitrogens is 1. The van der Waals surface area contributed by atoms with Crippen LogP contribution < -0.4 is 11.1 Å². The molecule has 1 amide bonds. The van der Waals surface area contributed by atoms with Gasteiger partial charge in [0.2, 0.25) is 5.91 Å². The summed E-state index contributed by atoms with van der Waals surface area (Å²) in [6, 6.07) is -0.392. The number of hydrogen-bond acceptors (Lipinski definition) is 4. The molecule has 0 fully saturated rings. The van der Waals surface area contributed by atoms with Gasteiger partial charge in [0, 0.05) is 24.0 Å². The minimum absolute atomic E-state index is 0.0420. The maximum Gasteiger partial charge on any atom is 0.237 e. The first-order chi connectivity index (χ1) is 8.54. The minimum Gasteiger partial charge on any atom is -0.355 e. The third-order valence-corrected chi connectivity index (χ3v) is 4.12. The third kappa shape index (κ3) is 4.74. The Balaban J connectivity index is 2.19. The average molecular weight is 269 g/mol. The van der Waals surface area contributed by atoms with E-state index in [0.717, 1.165) is 30.0 Å². The normalized spacial score (nSPS) is 14.2. The molecule has 18 heavy (non-hydrogen) atoms. The summed E-state index contributed by atoms with van der Waals surface area (Å²) in [5.41, 5.74) is 6.91. The van der Waals surface area contributed by atoms with Gasteiger partial charge in [0.25, 0.3) is 0 Å². The molecule has 0 saturated carbocycles. The lowest BCUT2D eigenvalue weighted by Gasteiger charge is -2.17. The Morgan fingerprint density at radius 3 is 2.89 bits per heavy atom. The van der Waals surface area contributed by atoms with Crippen LogP contribution in [0.1, 0.15) is 37.4 Å². The second-order valence-electron chi connectivity index (χ2n) is 4.69. The number of rotatable bonds is 7. The van der Waals surface area contributed by atoms with Gasteiger partial charge in [0.1, 0.15) is 0 Å². The van der Waals surface area contributed by atoms with Crippen molar-refractivity contribution in [3.63, 3.8) is 0 Å². The highest BCUT2D eigenvalue weighted by Gasteiger charge is 2.18. The molecule has 5 heteroatoms. The second-order valence-corrected chi connectivity index (χ2v) is 5.63. The fourth-order valence-corrected chi connectivity index (χ4v) is 2.42. The molecule has 0 saturated heterocycles. The summed E-state index contributed by atoms with van der Waals surface area (Å²) >= 11 is 1.67. The molecular weight excluding hydrogens is 246 g/mol. The van der Waals surface area contributed by atoms with E-state index in [2.05, 4.69) is 10.3 Å². The van der Waals surface area contributed by atoms with Crippen molar-refractivity contribution in [2.45, 2.75) is 46.1 Å². The number of carbonyl (C=O) groups is 1. The van der Waals surface area contributed by atoms with Crippen LogP contribution in [0.15, 0.2) is 5.38 Å². The van der Waals surface area contributed by atoms with Crippen LogP contribution in [-0.4, -0.2) is 23.5 Å². The molecule has 0 aliphatic heterocycles. The van der Waals surface area contributed by atoms with Crippen molar-refractivity contribution >= 4 is 17.2 Å². The predicted molar refractivity (Wildman–Crippen MR) is 75.6 cm³/mol. The van der Waals surface area contributed by atoms with Crippen molar-refractivity contribution in [2.24, 2.45) is 11.7 Å². The number of hydrogen-bond donors (Lipinski definition) is 2. The first kappa shape index (κ1) is 15.1. The first-order valence-electron chi connectivity index (χ1n) is 6.48. The summed E-state index contributed by atoms with van der Waals surface area (Å²) in [7, 11) is 0. The summed E-state index contributed by atoms with van der Waals surface area (Å²) in [6.45, 7) is 6.71. The maximum absolute atomic E-state index is 11.7. The van der Waals surface area contributed by atoms with Crippen LogP contribution in [-0.2, 0) is 11.2 Å². The van der Waals surface area contributed by atoms with Gasteiger partial charge in [-0.3, -0.25) is 4.79 Å². The molecule has 0 aromatic carbocycles. The van der Waals surface area contributed by atoms with E-state index in [-0.39, 0.29) is 11.8 Å². The van der Waals surface area contributed by atoms with Gasteiger partial charge in [-0.25, -0.2) is 4.98 Å². The molecule has 2 unspecified atom stereocenters. The molecule has 102 valence electrons. The smallest absolute Gasteiger partial charge is 0.237 e. The fourth-order valence-electron chi connectivity index (χ4n) is 1.60. The van der Waals surface area contributed by atoms with E-state index in [4.69, 9.17) is 5.73 Å². The molecule has 1 heterocycles. The van der Waals surface area contributed by atoms with Crippen molar-refractivity contribution < 1.29 is 4.79 Å². The van der Waals surface area contributed by atoms with Crippen molar-refractivity contribution in [3.8, 4) is 0 Å². The Hall–Kier alpha value is -0.940. The Morgan fingerprint density at radius 1 is 1.61 bits per heavy atom. The summed E-state index contributed by atoms with van der Waals surface area (Å²) in [5, 5.41) is 6.07. The Morgan fingerprint density at radius 2 is 2.33 bits per heavy atom. The Bertz CT molecular complexity index is 378. The molecule has 0 aliphatic rings. The van der Waals surface area contributed by atoms with Gasteiger partial charge in [-0.1, -0.05) is 20.3 Å². The molecule has 0 spiro atoms. The van der Waals surface area contributed by atoms with Gasteiger partial charge < -0.3 is 11.1 Å². The summed E-state index contributed by atoms with van der Waals surface area (Å²) < 4.78 is 0. The van der Waals surface area contributed by atoms with Gasteiger partial charge in [0.15, 0.2) is 0 Å². The van der Waals surface area contributed by atoms with Crippen LogP contribution in [0, 0.1) is 12.8 Å². The molecule has 0 radical (unpaired) electrons. The van der Waals surface area contributed by atoms with Crippen LogP contribution in [0.5, 0.6) is 0 Å². The number of aryl methyl sites for hydroxylation is 2. The van der Waals surface area contributed by atoms with Gasteiger partial charge in [-0.15, -0.1) is 11.3 Å². The van der Waals surface area contributed by atoms with E-state index in [1.165, 1.54) is 0 Å². The topological polar surface area (TPSA) is 68.0 Å². The molecule has 1 aromatic rings. The van der Waals surface area contributed by atoms with Crippen molar-refractivity contribution in [2.75, 3.05) is 6.54 Å².